The fourth-order valence-electron chi connectivity index (χ4n) is 2.99. The molecule has 20 heavy (non-hydrogen) atoms. The predicted octanol–water partition coefficient (Wildman–Crippen LogP) is 2.21. The Labute approximate surface area is 120 Å². The molecule has 1 saturated heterocycles. The highest BCUT2D eigenvalue weighted by atomic mass is 16.6. The van der Waals surface area contributed by atoms with E-state index in [2.05, 4.69) is 10.2 Å². The van der Waals surface area contributed by atoms with Crippen molar-refractivity contribution in [2.75, 3.05) is 26.7 Å². The Bertz CT molecular complexity index is 448. The molecule has 5 nitrogen and oxygen atoms in total. The maximum absolute atomic E-state index is 11.0. The average molecular weight is 277 g/mol. The SMILES string of the molecule is CNCC1CCCCN1CCc1ccccc1[N+](=O)[O-]. The lowest BCUT2D eigenvalue weighted by Crippen LogP contribution is -2.45. The zero-order valence-electron chi connectivity index (χ0n) is 12.0. The van der Waals surface area contributed by atoms with Gasteiger partial charge in [0.25, 0.3) is 5.69 Å². The molecule has 1 unspecified atom stereocenters. The van der Waals surface area contributed by atoms with E-state index in [1.54, 1.807) is 12.1 Å². The summed E-state index contributed by atoms with van der Waals surface area (Å²) < 4.78 is 0. The molecular formula is C15H23N3O2. The molecule has 0 bridgehead atoms. The summed E-state index contributed by atoms with van der Waals surface area (Å²) in [6.07, 6.45) is 4.49. The number of likely N-dealkylation sites (tertiary alicyclic amines) is 1. The van der Waals surface area contributed by atoms with Crippen LogP contribution in [-0.2, 0) is 6.42 Å². The Morgan fingerprint density at radius 2 is 2.20 bits per heavy atom. The van der Waals surface area contributed by atoms with Crippen molar-refractivity contribution in [2.45, 2.75) is 31.7 Å². The number of benzene rings is 1. The van der Waals surface area contributed by atoms with Crippen LogP contribution in [-0.4, -0.2) is 42.5 Å². The van der Waals surface area contributed by atoms with E-state index < -0.39 is 0 Å². The van der Waals surface area contributed by atoms with Crippen LogP contribution in [0.2, 0.25) is 0 Å². The van der Waals surface area contributed by atoms with Crippen LogP contribution in [0.4, 0.5) is 5.69 Å². The number of para-hydroxylation sites is 1. The van der Waals surface area contributed by atoms with Crippen LogP contribution in [0, 0.1) is 10.1 Å². The highest BCUT2D eigenvalue weighted by molar-refractivity contribution is 5.39. The second kappa shape index (κ2) is 7.36. The summed E-state index contributed by atoms with van der Waals surface area (Å²) in [6, 6.07) is 7.64. The van der Waals surface area contributed by atoms with Crippen LogP contribution in [0.25, 0.3) is 0 Å². The Balaban J connectivity index is 1.98. The molecule has 0 amide bonds. The van der Waals surface area contributed by atoms with Gasteiger partial charge < -0.3 is 5.32 Å². The summed E-state index contributed by atoms with van der Waals surface area (Å²) in [5, 5.41) is 14.3. The van der Waals surface area contributed by atoms with Crippen molar-refractivity contribution in [2.24, 2.45) is 0 Å². The molecule has 1 aliphatic rings. The topological polar surface area (TPSA) is 58.4 Å². The lowest BCUT2D eigenvalue weighted by molar-refractivity contribution is -0.385. The lowest BCUT2D eigenvalue weighted by Gasteiger charge is -2.35. The van der Waals surface area contributed by atoms with Gasteiger partial charge in [0.2, 0.25) is 0 Å². The second-order valence-electron chi connectivity index (χ2n) is 5.38. The lowest BCUT2D eigenvalue weighted by atomic mass is 10.0. The Hall–Kier alpha value is -1.46. The zero-order valence-corrected chi connectivity index (χ0v) is 12.0. The van der Waals surface area contributed by atoms with Crippen molar-refractivity contribution in [3.05, 3.63) is 39.9 Å². The molecule has 0 saturated carbocycles. The normalized spacial score (nSPS) is 19.9. The minimum Gasteiger partial charge on any atom is -0.318 e. The van der Waals surface area contributed by atoms with Gasteiger partial charge in [0.15, 0.2) is 0 Å². The van der Waals surface area contributed by atoms with E-state index in [0.29, 0.717) is 6.04 Å². The Kier molecular flexibility index (Phi) is 5.49. The van der Waals surface area contributed by atoms with Gasteiger partial charge in [0.05, 0.1) is 4.92 Å². The van der Waals surface area contributed by atoms with E-state index in [9.17, 15) is 10.1 Å². The Morgan fingerprint density at radius 1 is 1.40 bits per heavy atom. The van der Waals surface area contributed by atoms with E-state index in [0.717, 1.165) is 31.6 Å². The number of nitro groups is 1. The van der Waals surface area contributed by atoms with Gasteiger partial charge in [-0.3, -0.25) is 15.0 Å². The molecule has 1 aromatic rings. The fraction of sp³-hybridized carbons (Fsp3) is 0.600. The first-order chi connectivity index (χ1) is 9.72. The number of hydrogen-bond acceptors (Lipinski definition) is 4. The van der Waals surface area contributed by atoms with Gasteiger partial charge in [0.1, 0.15) is 0 Å². The number of hydrogen-bond donors (Lipinski definition) is 1. The van der Waals surface area contributed by atoms with E-state index in [-0.39, 0.29) is 10.6 Å². The minimum absolute atomic E-state index is 0.245. The summed E-state index contributed by atoms with van der Waals surface area (Å²) >= 11 is 0. The molecule has 0 aliphatic carbocycles. The molecule has 0 aromatic heterocycles. The molecule has 1 N–H and O–H groups in total. The highest BCUT2D eigenvalue weighted by Gasteiger charge is 2.22. The number of nitrogens with zero attached hydrogens (tertiary/aromatic N) is 2. The summed E-state index contributed by atoms with van der Waals surface area (Å²) in [6.45, 7) is 3.00. The molecule has 5 heteroatoms. The van der Waals surface area contributed by atoms with Gasteiger partial charge in [-0.25, -0.2) is 0 Å². The van der Waals surface area contributed by atoms with Crippen LogP contribution in [0.5, 0.6) is 0 Å². The van der Waals surface area contributed by atoms with E-state index in [4.69, 9.17) is 0 Å². The Morgan fingerprint density at radius 3 is 2.95 bits per heavy atom. The van der Waals surface area contributed by atoms with Crippen LogP contribution in [0.3, 0.4) is 0 Å². The molecule has 1 heterocycles. The molecular weight excluding hydrogens is 254 g/mol. The van der Waals surface area contributed by atoms with Crippen molar-refractivity contribution >= 4 is 5.69 Å². The molecule has 1 fully saturated rings. The highest BCUT2D eigenvalue weighted by Crippen LogP contribution is 2.21. The predicted molar refractivity (Wildman–Crippen MR) is 79.9 cm³/mol. The third kappa shape index (κ3) is 3.77. The van der Waals surface area contributed by atoms with Crippen molar-refractivity contribution in [3.63, 3.8) is 0 Å². The van der Waals surface area contributed by atoms with E-state index in [1.807, 2.05) is 19.2 Å². The third-order valence-electron chi connectivity index (χ3n) is 4.05. The molecule has 2 rings (SSSR count). The number of nitro benzene ring substituents is 1. The van der Waals surface area contributed by atoms with Crippen LogP contribution < -0.4 is 5.32 Å². The minimum atomic E-state index is -0.281. The number of piperidine rings is 1. The van der Waals surface area contributed by atoms with Crippen LogP contribution >= 0.6 is 0 Å². The van der Waals surface area contributed by atoms with Gasteiger partial charge in [-0.2, -0.15) is 0 Å². The maximum atomic E-state index is 11.0. The second-order valence-corrected chi connectivity index (χ2v) is 5.38. The summed E-state index contributed by atoms with van der Waals surface area (Å²) in [5.41, 5.74) is 1.08. The first kappa shape index (κ1) is 14.9. The molecule has 0 radical (unpaired) electrons. The molecule has 0 spiro atoms. The molecule has 1 atom stereocenters. The number of nitrogens with one attached hydrogen (secondary N) is 1. The van der Waals surface area contributed by atoms with Crippen LogP contribution in [0.1, 0.15) is 24.8 Å². The summed E-state index contributed by atoms with van der Waals surface area (Å²) in [5.74, 6) is 0. The maximum Gasteiger partial charge on any atom is 0.272 e. The monoisotopic (exact) mass is 277 g/mol. The molecule has 110 valence electrons. The summed E-state index contributed by atoms with van der Waals surface area (Å²) in [4.78, 5) is 13.2. The first-order valence-corrected chi connectivity index (χ1v) is 7.33. The third-order valence-corrected chi connectivity index (χ3v) is 4.05. The standard InChI is InChI=1S/C15H23N3O2/c1-16-12-14-7-4-5-10-17(14)11-9-13-6-2-3-8-15(13)18(19)20/h2-3,6,8,14,16H,4-5,7,9-12H2,1H3. The van der Waals surface area contributed by atoms with Crippen molar-refractivity contribution < 1.29 is 4.92 Å². The van der Waals surface area contributed by atoms with Gasteiger partial charge in [0, 0.05) is 30.8 Å². The van der Waals surface area contributed by atoms with Gasteiger partial charge >= 0.3 is 0 Å². The number of rotatable bonds is 6. The number of likely N-dealkylation sites (N-methyl/N-ethyl adjacent to an activating group) is 1. The van der Waals surface area contributed by atoms with E-state index >= 15 is 0 Å². The quantitative estimate of drug-likeness (QED) is 0.640. The zero-order chi connectivity index (χ0) is 14.4. The smallest absolute Gasteiger partial charge is 0.272 e. The van der Waals surface area contributed by atoms with Crippen molar-refractivity contribution in [1.29, 1.82) is 0 Å². The largest absolute Gasteiger partial charge is 0.318 e. The van der Waals surface area contributed by atoms with Crippen molar-refractivity contribution in [1.82, 2.24) is 10.2 Å². The van der Waals surface area contributed by atoms with Gasteiger partial charge in [-0.05, 0) is 32.9 Å². The first-order valence-electron chi connectivity index (χ1n) is 7.33. The van der Waals surface area contributed by atoms with Gasteiger partial charge in [-0.15, -0.1) is 0 Å². The van der Waals surface area contributed by atoms with Gasteiger partial charge in [-0.1, -0.05) is 24.6 Å². The fourth-order valence-corrected chi connectivity index (χ4v) is 2.99. The average Bonchev–Trinajstić information content (AvgIpc) is 2.47. The van der Waals surface area contributed by atoms with Crippen molar-refractivity contribution in [3.8, 4) is 0 Å². The molecule has 1 aromatic carbocycles. The van der Waals surface area contributed by atoms with Crippen LogP contribution in [0.15, 0.2) is 24.3 Å². The summed E-state index contributed by atoms with van der Waals surface area (Å²) in [7, 11) is 1.98. The van der Waals surface area contributed by atoms with E-state index in [1.165, 1.54) is 19.3 Å². The molecule has 1 aliphatic heterocycles.